The van der Waals surface area contributed by atoms with Crippen molar-refractivity contribution in [3.05, 3.63) is 65.2 Å². The van der Waals surface area contributed by atoms with Crippen molar-refractivity contribution in [2.45, 2.75) is 63.2 Å². The van der Waals surface area contributed by atoms with Crippen LogP contribution in [-0.4, -0.2) is 53.7 Å². The number of benzene rings is 2. The number of imide groups is 2. The lowest BCUT2D eigenvalue weighted by atomic mass is 9.88. The van der Waals surface area contributed by atoms with E-state index in [9.17, 15) is 19.2 Å². The van der Waals surface area contributed by atoms with E-state index in [1.165, 1.54) is 12.0 Å². The number of hydrogen-bond acceptors (Lipinski definition) is 6. The number of amides is 4. The number of piperidine rings is 1. The molecule has 1 unspecified atom stereocenters. The van der Waals surface area contributed by atoms with Gasteiger partial charge in [0.25, 0.3) is 11.8 Å². The molecule has 2 heterocycles. The first kappa shape index (κ1) is 23.2. The Morgan fingerprint density at radius 2 is 1.69 bits per heavy atom. The first-order valence-corrected chi connectivity index (χ1v) is 12.3. The summed E-state index contributed by atoms with van der Waals surface area (Å²) in [5.41, 5.74) is 2.73. The number of carbonyl (C=O) groups excluding carboxylic acids is 4. The molecule has 2 fully saturated rings. The van der Waals surface area contributed by atoms with Crippen LogP contribution in [0.3, 0.4) is 0 Å². The molecule has 8 heteroatoms. The van der Waals surface area contributed by atoms with Crippen molar-refractivity contribution in [3.8, 4) is 0 Å². The zero-order valence-electron chi connectivity index (χ0n) is 19.8. The summed E-state index contributed by atoms with van der Waals surface area (Å²) in [4.78, 5) is 53.3. The number of nitrogens with one attached hydrogen (secondary N) is 2. The Morgan fingerprint density at radius 1 is 0.943 bits per heavy atom. The fraction of sp³-hybridized carbons (Fsp3) is 0.407. The van der Waals surface area contributed by atoms with E-state index in [1.54, 1.807) is 12.1 Å². The molecule has 1 saturated heterocycles. The second-order valence-corrected chi connectivity index (χ2v) is 9.61. The van der Waals surface area contributed by atoms with Crippen LogP contribution in [0.4, 0.5) is 5.69 Å². The maximum Gasteiger partial charge on any atom is 0.262 e. The molecule has 8 nitrogen and oxygen atoms in total. The van der Waals surface area contributed by atoms with E-state index in [0.717, 1.165) is 36.4 Å². The van der Waals surface area contributed by atoms with Crippen molar-refractivity contribution in [1.82, 2.24) is 15.5 Å². The zero-order valence-corrected chi connectivity index (χ0v) is 19.8. The second-order valence-electron chi connectivity index (χ2n) is 9.61. The summed E-state index contributed by atoms with van der Waals surface area (Å²) >= 11 is 0. The predicted molar refractivity (Wildman–Crippen MR) is 131 cm³/mol. The number of rotatable bonds is 6. The minimum Gasteiger partial charge on any atom is -0.370 e. The standard InChI is InChI=1S/C27H30N4O4/c1-30(22-10-6-5-9-21(22)28-16-17-7-3-2-4-8-17)18-11-12-19-20(15-18)27(35)31(26(19)34)23-13-14-24(32)29-25(23)33/h2-4,7-8,11-12,15,21-23,28H,5-6,9-10,13-14,16H2,1H3,(H,29,32,33)/t21-,22+,23?/m1/s1. The van der Waals surface area contributed by atoms with Crippen molar-refractivity contribution >= 4 is 29.3 Å². The van der Waals surface area contributed by atoms with Crippen LogP contribution in [-0.2, 0) is 16.1 Å². The number of likely N-dealkylation sites (N-methyl/N-ethyl adjacent to an activating group) is 1. The van der Waals surface area contributed by atoms with Gasteiger partial charge in [-0.05, 0) is 43.0 Å². The third-order valence-corrected chi connectivity index (χ3v) is 7.47. The predicted octanol–water partition coefficient (Wildman–Crippen LogP) is 2.62. The van der Waals surface area contributed by atoms with E-state index in [1.807, 2.05) is 31.3 Å². The van der Waals surface area contributed by atoms with Gasteiger partial charge in [-0.2, -0.15) is 0 Å². The van der Waals surface area contributed by atoms with Gasteiger partial charge in [0.15, 0.2) is 0 Å². The molecule has 0 bridgehead atoms. The third kappa shape index (κ3) is 4.46. The van der Waals surface area contributed by atoms with Crippen LogP contribution in [0.25, 0.3) is 0 Å². The van der Waals surface area contributed by atoms with Crippen LogP contribution < -0.4 is 15.5 Å². The first-order valence-electron chi connectivity index (χ1n) is 12.3. The largest absolute Gasteiger partial charge is 0.370 e. The van der Waals surface area contributed by atoms with E-state index in [0.29, 0.717) is 17.2 Å². The molecule has 0 aromatic heterocycles. The highest BCUT2D eigenvalue weighted by molar-refractivity contribution is 6.23. The van der Waals surface area contributed by atoms with Gasteiger partial charge in [0.2, 0.25) is 11.8 Å². The lowest BCUT2D eigenvalue weighted by Gasteiger charge is -2.40. The molecular formula is C27H30N4O4. The normalized spacial score (nSPS) is 24.4. The first-order chi connectivity index (χ1) is 16.9. The summed E-state index contributed by atoms with van der Waals surface area (Å²) < 4.78 is 0. The SMILES string of the molecule is CN(c1ccc2c(c1)C(=O)N(C1CCC(=O)NC1=O)C2=O)[C@H]1CCCC[C@H]1NCc1ccccc1. The van der Waals surface area contributed by atoms with Gasteiger partial charge in [0.05, 0.1) is 11.1 Å². The molecule has 2 aliphatic heterocycles. The van der Waals surface area contributed by atoms with Crippen LogP contribution in [0.5, 0.6) is 0 Å². The molecule has 35 heavy (non-hydrogen) atoms. The van der Waals surface area contributed by atoms with Crippen molar-refractivity contribution in [2.24, 2.45) is 0 Å². The molecule has 2 aromatic rings. The summed E-state index contributed by atoms with van der Waals surface area (Å²) in [5.74, 6) is -1.93. The summed E-state index contributed by atoms with van der Waals surface area (Å²) in [7, 11) is 2.04. The summed E-state index contributed by atoms with van der Waals surface area (Å²) in [6.07, 6.45) is 4.69. The van der Waals surface area contributed by atoms with Crippen LogP contribution >= 0.6 is 0 Å². The molecular weight excluding hydrogens is 444 g/mol. The van der Waals surface area contributed by atoms with Gasteiger partial charge in [-0.3, -0.25) is 29.4 Å². The van der Waals surface area contributed by atoms with E-state index < -0.39 is 23.8 Å². The lowest BCUT2D eigenvalue weighted by molar-refractivity contribution is -0.136. The molecule has 3 atom stereocenters. The highest BCUT2D eigenvalue weighted by Crippen LogP contribution is 2.33. The topological polar surface area (TPSA) is 98.8 Å². The molecule has 2 aromatic carbocycles. The van der Waals surface area contributed by atoms with Gasteiger partial charge in [-0.25, -0.2) is 0 Å². The van der Waals surface area contributed by atoms with E-state index >= 15 is 0 Å². The molecule has 5 rings (SSSR count). The molecule has 0 spiro atoms. The molecule has 1 aliphatic carbocycles. The van der Waals surface area contributed by atoms with Gasteiger partial charge in [-0.1, -0.05) is 43.2 Å². The summed E-state index contributed by atoms with van der Waals surface area (Å²) in [6, 6.07) is 15.3. The van der Waals surface area contributed by atoms with Gasteiger partial charge in [0.1, 0.15) is 6.04 Å². The number of hydrogen-bond donors (Lipinski definition) is 2. The number of nitrogens with zero attached hydrogens (tertiary/aromatic N) is 2. The Labute approximate surface area is 204 Å². The maximum atomic E-state index is 13.2. The van der Waals surface area contributed by atoms with Crippen molar-refractivity contribution < 1.29 is 19.2 Å². The molecule has 4 amide bonds. The number of anilines is 1. The molecule has 182 valence electrons. The smallest absolute Gasteiger partial charge is 0.262 e. The van der Waals surface area contributed by atoms with Crippen LogP contribution in [0.1, 0.15) is 64.8 Å². The minimum atomic E-state index is -0.953. The van der Waals surface area contributed by atoms with Crippen molar-refractivity contribution in [1.29, 1.82) is 0 Å². The Hall–Kier alpha value is -3.52. The quantitative estimate of drug-likeness (QED) is 0.625. The van der Waals surface area contributed by atoms with E-state index in [2.05, 4.69) is 27.7 Å². The van der Waals surface area contributed by atoms with Crippen molar-refractivity contribution in [2.75, 3.05) is 11.9 Å². The summed E-state index contributed by atoms with van der Waals surface area (Å²) in [5, 5.41) is 5.96. The molecule has 2 N–H and O–H groups in total. The molecule has 3 aliphatic rings. The van der Waals surface area contributed by atoms with Gasteiger partial charge >= 0.3 is 0 Å². The number of carbonyl (C=O) groups is 4. The minimum absolute atomic E-state index is 0.108. The fourth-order valence-electron chi connectivity index (χ4n) is 5.53. The number of fused-ring (bicyclic) bond motifs is 1. The second kappa shape index (κ2) is 9.62. The fourth-order valence-corrected chi connectivity index (χ4v) is 5.53. The highest BCUT2D eigenvalue weighted by atomic mass is 16.2. The molecule has 1 saturated carbocycles. The average Bonchev–Trinajstić information content (AvgIpc) is 3.12. The Morgan fingerprint density at radius 3 is 2.46 bits per heavy atom. The monoisotopic (exact) mass is 474 g/mol. The van der Waals surface area contributed by atoms with E-state index in [-0.39, 0.29) is 24.8 Å². The van der Waals surface area contributed by atoms with Crippen LogP contribution in [0.2, 0.25) is 0 Å². The van der Waals surface area contributed by atoms with E-state index in [4.69, 9.17) is 0 Å². The zero-order chi connectivity index (χ0) is 24.5. The van der Waals surface area contributed by atoms with Gasteiger partial charge in [-0.15, -0.1) is 0 Å². The van der Waals surface area contributed by atoms with Crippen LogP contribution in [0.15, 0.2) is 48.5 Å². The summed E-state index contributed by atoms with van der Waals surface area (Å²) in [6.45, 7) is 0.800. The van der Waals surface area contributed by atoms with Crippen molar-refractivity contribution in [3.63, 3.8) is 0 Å². The third-order valence-electron chi connectivity index (χ3n) is 7.47. The molecule has 0 radical (unpaired) electrons. The Kier molecular flexibility index (Phi) is 6.38. The highest BCUT2D eigenvalue weighted by Gasteiger charge is 2.45. The lowest BCUT2D eigenvalue weighted by Crippen LogP contribution is -2.54. The van der Waals surface area contributed by atoms with Crippen LogP contribution in [0, 0.1) is 0 Å². The maximum absolute atomic E-state index is 13.2. The Balaban J connectivity index is 1.34. The van der Waals surface area contributed by atoms with Gasteiger partial charge < -0.3 is 10.2 Å². The Bertz CT molecular complexity index is 1170. The average molecular weight is 475 g/mol. The van der Waals surface area contributed by atoms with Gasteiger partial charge in [0, 0.05) is 37.8 Å².